The molecule has 132 valence electrons. The van der Waals surface area contributed by atoms with Crippen molar-refractivity contribution in [3.63, 3.8) is 0 Å². The first-order valence-electron chi connectivity index (χ1n) is 7.14. The van der Waals surface area contributed by atoms with Gasteiger partial charge in [0.15, 0.2) is 11.0 Å². The first-order valence-corrected chi connectivity index (χ1v) is 8.57. The molecule has 7 nitrogen and oxygen atoms in total. The van der Waals surface area contributed by atoms with Crippen molar-refractivity contribution in [1.29, 1.82) is 0 Å². The number of hydrogen-bond donors (Lipinski definition) is 3. The van der Waals surface area contributed by atoms with E-state index in [4.69, 9.17) is 16.2 Å². The number of carbonyl (C=O) groups is 1. The number of nitrogens with two attached hydrogens (primary N) is 2. The van der Waals surface area contributed by atoms with E-state index < -0.39 is 5.91 Å². The van der Waals surface area contributed by atoms with E-state index in [0.717, 1.165) is 6.34 Å². The van der Waals surface area contributed by atoms with Gasteiger partial charge in [0.1, 0.15) is 10.7 Å². The SMILES string of the molecule is N/C=N/c1nc(SCc2ccccc2F)nc(OCCC(N)=O)c1S. The van der Waals surface area contributed by atoms with E-state index in [1.54, 1.807) is 18.2 Å². The van der Waals surface area contributed by atoms with Crippen molar-refractivity contribution >= 4 is 42.5 Å². The van der Waals surface area contributed by atoms with E-state index in [1.807, 2.05) is 0 Å². The van der Waals surface area contributed by atoms with Gasteiger partial charge < -0.3 is 16.2 Å². The number of primary amides is 1. The topological polar surface area (TPSA) is 116 Å². The van der Waals surface area contributed by atoms with E-state index in [9.17, 15) is 9.18 Å². The number of nitrogens with zero attached hydrogens (tertiary/aromatic N) is 3. The Hall–Kier alpha value is -2.33. The van der Waals surface area contributed by atoms with Crippen LogP contribution in [0.3, 0.4) is 0 Å². The number of benzene rings is 1. The van der Waals surface area contributed by atoms with Gasteiger partial charge in [-0.2, -0.15) is 4.98 Å². The molecule has 1 aromatic carbocycles. The van der Waals surface area contributed by atoms with Crippen LogP contribution >= 0.6 is 24.4 Å². The summed E-state index contributed by atoms with van der Waals surface area (Å²) in [7, 11) is 0. The Morgan fingerprint density at radius 1 is 1.40 bits per heavy atom. The van der Waals surface area contributed by atoms with Gasteiger partial charge in [-0.05, 0) is 11.6 Å². The molecule has 0 atom stereocenters. The molecule has 1 heterocycles. The molecule has 0 radical (unpaired) electrons. The van der Waals surface area contributed by atoms with Crippen molar-refractivity contribution < 1.29 is 13.9 Å². The molecule has 2 aromatic rings. The molecule has 0 unspecified atom stereocenters. The highest BCUT2D eigenvalue weighted by Gasteiger charge is 2.14. The summed E-state index contributed by atoms with van der Waals surface area (Å²) in [6.45, 7) is 0.0447. The standard InChI is InChI=1S/C15H16FN5O2S2/c16-10-4-2-1-3-9(10)7-25-15-20-13(19-8-17)12(24)14(21-15)23-6-5-11(18)22/h1-4,8,24H,5-7H2,(H2,18,22)(H2,17,19,20,21). The first-order chi connectivity index (χ1) is 12.0. The number of ether oxygens (including phenoxy) is 1. The average molecular weight is 381 g/mol. The largest absolute Gasteiger partial charge is 0.476 e. The fourth-order valence-corrected chi connectivity index (χ4v) is 2.78. The maximum absolute atomic E-state index is 13.7. The summed E-state index contributed by atoms with van der Waals surface area (Å²) in [6.07, 6.45) is 1.10. The highest BCUT2D eigenvalue weighted by atomic mass is 32.2. The predicted octanol–water partition coefficient (Wildman–Crippen LogP) is 2.07. The second-order valence-electron chi connectivity index (χ2n) is 4.71. The van der Waals surface area contributed by atoms with E-state index in [2.05, 4.69) is 27.6 Å². The van der Waals surface area contributed by atoms with Crippen LogP contribution in [0.15, 0.2) is 39.3 Å². The highest BCUT2D eigenvalue weighted by molar-refractivity contribution is 7.98. The Balaban J connectivity index is 2.20. The van der Waals surface area contributed by atoms with Crippen LogP contribution in [0.2, 0.25) is 0 Å². The Morgan fingerprint density at radius 3 is 2.84 bits per heavy atom. The number of carbonyl (C=O) groups excluding carboxylic acids is 1. The molecule has 25 heavy (non-hydrogen) atoms. The van der Waals surface area contributed by atoms with Gasteiger partial charge in [-0.3, -0.25) is 4.79 Å². The molecule has 1 aromatic heterocycles. The lowest BCUT2D eigenvalue weighted by Gasteiger charge is -2.10. The molecule has 0 fully saturated rings. The van der Waals surface area contributed by atoms with Crippen LogP contribution in [0.25, 0.3) is 0 Å². The minimum absolute atomic E-state index is 0.0322. The van der Waals surface area contributed by atoms with Gasteiger partial charge >= 0.3 is 0 Å². The minimum Gasteiger partial charge on any atom is -0.476 e. The van der Waals surface area contributed by atoms with Gasteiger partial charge in [-0.1, -0.05) is 30.0 Å². The first kappa shape index (κ1) is 19.0. The zero-order chi connectivity index (χ0) is 18.2. The number of aliphatic imine (C=N–C) groups is 1. The third-order valence-corrected chi connectivity index (χ3v) is 4.20. The van der Waals surface area contributed by atoms with Crippen molar-refractivity contribution in [3.8, 4) is 5.88 Å². The Morgan fingerprint density at radius 2 is 2.16 bits per heavy atom. The fourth-order valence-electron chi connectivity index (χ4n) is 1.74. The molecule has 0 aliphatic carbocycles. The molecule has 0 aliphatic heterocycles. The molecule has 0 spiro atoms. The number of halogens is 1. The molecule has 1 amide bonds. The predicted molar refractivity (Wildman–Crippen MR) is 96.9 cm³/mol. The van der Waals surface area contributed by atoms with Crippen LogP contribution in [0.4, 0.5) is 10.2 Å². The number of rotatable bonds is 8. The summed E-state index contributed by atoms with van der Waals surface area (Å²) in [5.74, 6) is -0.115. The smallest absolute Gasteiger partial charge is 0.233 e. The molecule has 4 N–H and O–H groups in total. The van der Waals surface area contributed by atoms with E-state index in [1.165, 1.54) is 17.8 Å². The van der Waals surface area contributed by atoms with Crippen LogP contribution in [0, 0.1) is 5.82 Å². The molecule has 2 rings (SSSR count). The quantitative estimate of drug-likeness (QED) is 0.212. The maximum Gasteiger partial charge on any atom is 0.233 e. The normalized spacial score (nSPS) is 11.0. The van der Waals surface area contributed by atoms with E-state index in [-0.39, 0.29) is 35.4 Å². The molecular formula is C15H16FN5O2S2. The summed E-state index contributed by atoms with van der Waals surface area (Å²) in [5, 5.41) is 0.315. The van der Waals surface area contributed by atoms with Crippen molar-refractivity contribution in [2.24, 2.45) is 16.5 Å². The number of hydrogen-bond acceptors (Lipinski definition) is 7. The molecule has 0 aliphatic rings. The number of amides is 1. The van der Waals surface area contributed by atoms with Crippen molar-refractivity contribution in [2.75, 3.05) is 6.61 Å². The van der Waals surface area contributed by atoms with Crippen LogP contribution < -0.4 is 16.2 Å². The summed E-state index contributed by atoms with van der Waals surface area (Å²) in [5.41, 5.74) is 10.9. The zero-order valence-corrected chi connectivity index (χ0v) is 14.8. The lowest BCUT2D eigenvalue weighted by atomic mass is 10.2. The third-order valence-electron chi connectivity index (χ3n) is 2.91. The van der Waals surface area contributed by atoms with Crippen molar-refractivity contribution in [1.82, 2.24) is 9.97 Å². The number of aromatic nitrogens is 2. The lowest BCUT2D eigenvalue weighted by molar-refractivity contribution is -0.118. The Labute approximate surface area is 153 Å². The van der Waals surface area contributed by atoms with Gasteiger partial charge in [0.2, 0.25) is 11.8 Å². The number of thioether (sulfide) groups is 1. The van der Waals surface area contributed by atoms with Gasteiger partial charge in [0, 0.05) is 5.75 Å². The monoisotopic (exact) mass is 381 g/mol. The molecule has 0 saturated heterocycles. The van der Waals surface area contributed by atoms with Crippen LogP contribution in [0.1, 0.15) is 12.0 Å². The van der Waals surface area contributed by atoms with Crippen LogP contribution in [0.5, 0.6) is 5.88 Å². The summed E-state index contributed by atoms with van der Waals surface area (Å²) >= 11 is 5.47. The lowest BCUT2D eigenvalue weighted by Crippen LogP contribution is -2.15. The summed E-state index contributed by atoms with van der Waals surface area (Å²) in [4.78, 5) is 23.4. The number of thiol groups is 1. The van der Waals surface area contributed by atoms with Gasteiger partial charge in [-0.25, -0.2) is 14.4 Å². The second kappa shape index (κ2) is 9.23. The molecule has 0 bridgehead atoms. The van der Waals surface area contributed by atoms with E-state index in [0.29, 0.717) is 16.5 Å². The summed E-state index contributed by atoms with van der Waals surface area (Å²) < 4.78 is 19.1. The zero-order valence-electron chi connectivity index (χ0n) is 13.1. The van der Waals surface area contributed by atoms with Crippen molar-refractivity contribution in [3.05, 3.63) is 35.6 Å². The highest BCUT2D eigenvalue weighted by Crippen LogP contribution is 2.32. The fraction of sp³-hybridized carbons (Fsp3) is 0.200. The van der Waals surface area contributed by atoms with Gasteiger partial charge in [0.25, 0.3) is 0 Å². The minimum atomic E-state index is -0.496. The molecule has 10 heteroatoms. The average Bonchev–Trinajstić information content (AvgIpc) is 2.57. The molecular weight excluding hydrogens is 365 g/mol. The van der Waals surface area contributed by atoms with E-state index >= 15 is 0 Å². The van der Waals surface area contributed by atoms with Crippen LogP contribution in [-0.4, -0.2) is 28.8 Å². The third kappa shape index (κ3) is 5.61. The summed E-state index contributed by atoms with van der Waals surface area (Å²) in [6, 6.07) is 6.43. The van der Waals surface area contributed by atoms with Crippen LogP contribution in [-0.2, 0) is 10.5 Å². The van der Waals surface area contributed by atoms with Gasteiger partial charge in [-0.15, -0.1) is 12.6 Å². The second-order valence-corrected chi connectivity index (χ2v) is 6.10. The van der Waals surface area contributed by atoms with Gasteiger partial charge in [0.05, 0.1) is 19.4 Å². The maximum atomic E-state index is 13.7. The Kier molecular flexibility index (Phi) is 7.02. The Bertz CT molecular complexity index is 789. The molecule has 0 saturated carbocycles. The van der Waals surface area contributed by atoms with Crippen molar-refractivity contribution in [2.45, 2.75) is 22.2 Å².